The van der Waals surface area contributed by atoms with Crippen molar-refractivity contribution in [3.63, 3.8) is 0 Å². The van der Waals surface area contributed by atoms with Gasteiger partial charge in [-0.2, -0.15) is 0 Å². The molecule has 0 atom stereocenters. The van der Waals surface area contributed by atoms with E-state index in [0.717, 1.165) is 41.1 Å². The highest BCUT2D eigenvalue weighted by atomic mass is 35.5. The van der Waals surface area contributed by atoms with Gasteiger partial charge in [-0.05, 0) is 43.5 Å². The van der Waals surface area contributed by atoms with Crippen LogP contribution in [0.4, 0.5) is 5.69 Å². The second kappa shape index (κ2) is 7.51. The Kier molecular flexibility index (Phi) is 5.12. The Labute approximate surface area is 164 Å². The lowest BCUT2D eigenvalue weighted by molar-refractivity contribution is 0.180. The van der Waals surface area contributed by atoms with Crippen LogP contribution in [0.3, 0.4) is 0 Å². The number of aromatic nitrogens is 1. The number of nitrogens with zero attached hydrogens (tertiary/aromatic N) is 2. The normalized spacial score (nSPS) is 15.0. The third kappa shape index (κ3) is 2.98. The Morgan fingerprint density at radius 3 is 2.38 bits per heavy atom. The third-order valence-corrected chi connectivity index (χ3v) is 5.87. The molecule has 0 saturated carbocycles. The van der Waals surface area contributed by atoms with Crippen LogP contribution in [-0.4, -0.2) is 24.8 Å². The van der Waals surface area contributed by atoms with E-state index in [1.807, 2.05) is 12.1 Å². The number of ether oxygens (including phenoxy) is 1. The van der Waals surface area contributed by atoms with Gasteiger partial charge >= 0.3 is 0 Å². The van der Waals surface area contributed by atoms with Crippen molar-refractivity contribution >= 4 is 39.8 Å². The quantitative estimate of drug-likeness (QED) is 0.539. The summed E-state index contributed by atoms with van der Waals surface area (Å²) in [6.45, 7) is 2.59. The van der Waals surface area contributed by atoms with Crippen LogP contribution in [0.5, 0.6) is 0 Å². The monoisotopic (exact) mass is 388 g/mol. The van der Waals surface area contributed by atoms with Crippen molar-refractivity contribution in [2.24, 2.45) is 0 Å². The van der Waals surface area contributed by atoms with Gasteiger partial charge in [0.25, 0.3) is 0 Å². The summed E-state index contributed by atoms with van der Waals surface area (Å²) in [6, 6.07) is 14.3. The second-order valence-electron chi connectivity index (χ2n) is 6.70. The molecule has 0 unspecified atom stereocenters. The first-order valence-corrected chi connectivity index (χ1v) is 9.78. The van der Waals surface area contributed by atoms with Gasteiger partial charge < -0.3 is 14.2 Å². The van der Waals surface area contributed by atoms with Gasteiger partial charge in [0.2, 0.25) is 0 Å². The molecule has 2 heterocycles. The standard InChI is InChI=1S/C21H22Cl2N2O/c1-26-14-18-21(24-12-6-3-7-13-24)19-17(11-10-16(22)20(19)23)25(18)15-8-4-2-5-9-15/h2,4-5,8-11H,3,6-7,12-14H2,1H3. The summed E-state index contributed by atoms with van der Waals surface area (Å²) in [5.41, 5.74) is 4.46. The molecule has 26 heavy (non-hydrogen) atoms. The van der Waals surface area contributed by atoms with E-state index in [1.165, 1.54) is 19.3 Å². The van der Waals surface area contributed by atoms with Gasteiger partial charge in [-0.25, -0.2) is 0 Å². The molecule has 0 spiro atoms. The van der Waals surface area contributed by atoms with Crippen molar-refractivity contribution in [3.05, 3.63) is 58.2 Å². The summed E-state index contributed by atoms with van der Waals surface area (Å²) in [6.07, 6.45) is 3.67. The molecule has 0 radical (unpaired) electrons. The van der Waals surface area contributed by atoms with Gasteiger partial charge in [0, 0.05) is 31.3 Å². The minimum atomic E-state index is 0.517. The molecular formula is C21H22Cl2N2O. The van der Waals surface area contributed by atoms with E-state index in [1.54, 1.807) is 7.11 Å². The van der Waals surface area contributed by atoms with Crippen molar-refractivity contribution in [2.75, 3.05) is 25.1 Å². The number of anilines is 1. The van der Waals surface area contributed by atoms with Crippen LogP contribution in [0.15, 0.2) is 42.5 Å². The zero-order valence-corrected chi connectivity index (χ0v) is 16.4. The highest BCUT2D eigenvalue weighted by Gasteiger charge is 2.26. The number of hydrogen-bond donors (Lipinski definition) is 0. The summed E-state index contributed by atoms with van der Waals surface area (Å²) in [5.74, 6) is 0. The fourth-order valence-corrected chi connectivity index (χ4v) is 4.35. The molecular weight excluding hydrogens is 367 g/mol. The number of methoxy groups -OCH3 is 1. The predicted octanol–water partition coefficient (Wildman–Crippen LogP) is 6.07. The van der Waals surface area contributed by atoms with Gasteiger partial charge in [0.1, 0.15) is 0 Å². The Hall–Kier alpha value is -1.68. The number of piperidine rings is 1. The van der Waals surface area contributed by atoms with Crippen molar-refractivity contribution in [3.8, 4) is 5.69 Å². The second-order valence-corrected chi connectivity index (χ2v) is 7.49. The van der Waals surface area contributed by atoms with Gasteiger partial charge in [0.15, 0.2) is 0 Å². The van der Waals surface area contributed by atoms with Gasteiger partial charge in [-0.3, -0.25) is 0 Å². The van der Waals surface area contributed by atoms with E-state index in [0.29, 0.717) is 16.7 Å². The molecule has 1 aromatic heterocycles. The van der Waals surface area contributed by atoms with Crippen LogP contribution >= 0.6 is 23.2 Å². The fraction of sp³-hybridized carbons (Fsp3) is 0.333. The Balaban J connectivity index is 2.06. The maximum atomic E-state index is 6.71. The molecule has 0 aliphatic carbocycles. The van der Waals surface area contributed by atoms with Crippen LogP contribution in [0.1, 0.15) is 25.0 Å². The van der Waals surface area contributed by atoms with Crippen LogP contribution in [0.25, 0.3) is 16.6 Å². The molecule has 3 aromatic rings. The molecule has 2 aromatic carbocycles. The van der Waals surface area contributed by atoms with Crippen molar-refractivity contribution < 1.29 is 4.74 Å². The van der Waals surface area contributed by atoms with E-state index in [9.17, 15) is 0 Å². The van der Waals surface area contributed by atoms with Crippen LogP contribution in [0.2, 0.25) is 10.0 Å². The Morgan fingerprint density at radius 2 is 1.69 bits per heavy atom. The lowest BCUT2D eigenvalue weighted by Gasteiger charge is -2.30. The minimum Gasteiger partial charge on any atom is -0.378 e. The summed E-state index contributed by atoms with van der Waals surface area (Å²) >= 11 is 13.1. The molecule has 5 heteroatoms. The molecule has 1 aliphatic heterocycles. The molecule has 0 amide bonds. The van der Waals surface area contributed by atoms with Gasteiger partial charge in [-0.1, -0.05) is 41.4 Å². The SMILES string of the molecule is COCc1c(N2CCCCC2)c2c(Cl)c(Cl)ccc2n1-c1ccccc1. The van der Waals surface area contributed by atoms with Gasteiger partial charge in [-0.15, -0.1) is 0 Å². The molecule has 0 N–H and O–H groups in total. The molecule has 0 bridgehead atoms. The van der Waals surface area contributed by atoms with Crippen LogP contribution in [-0.2, 0) is 11.3 Å². The Bertz CT molecular complexity index is 915. The molecule has 1 aliphatic rings. The lowest BCUT2D eigenvalue weighted by Crippen LogP contribution is -2.30. The van der Waals surface area contributed by atoms with E-state index in [2.05, 4.69) is 39.8 Å². The fourth-order valence-electron chi connectivity index (χ4n) is 3.95. The number of fused-ring (bicyclic) bond motifs is 1. The minimum absolute atomic E-state index is 0.517. The highest BCUT2D eigenvalue weighted by Crippen LogP contribution is 2.43. The zero-order chi connectivity index (χ0) is 18.1. The van der Waals surface area contributed by atoms with Gasteiger partial charge in [0.05, 0.1) is 33.6 Å². The topological polar surface area (TPSA) is 17.4 Å². The summed E-state index contributed by atoms with van der Waals surface area (Å²) in [5, 5.41) is 2.24. The van der Waals surface area contributed by atoms with E-state index < -0.39 is 0 Å². The van der Waals surface area contributed by atoms with Crippen molar-refractivity contribution in [1.29, 1.82) is 0 Å². The Morgan fingerprint density at radius 1 is 0.962 bits per heavy atom. The number of halogens is 2. The molecule has 3 nitrogen and oxygen atoms in total. The predicted molar refractivity (Wildman–Crippen MR) is 110 cm³/mol. The average molecular weight is 389 g/mol. The molecule has 4 rings (SSSR count). The van der Waals surface area contributed by atoms with Crippen molar-refractivity contribution in [2.45, 2.75) is 25.9 Å². The first kappa shape index (κ1) is 17.7. The molecule has 1 saturated heterocycles. The zero-order valence-electron chi connectivity index (χ0n) is 14.8. The summed E-state index contributed by atoms with van der Waals surface area (Å²) in [7, 11) is 1.74. The number of benzene rings is 2. The van der Waals surface area contributed by atoms with E-state index in [-0.39, 0.29) is 0 Å². The molecule has 1 fully saturated rings. The average Bonchev–Trinajstić information content (AvgIpc) is 3.01. The van der Waals surface area contributed by atoms with Crippen molar-refractivity contribution in [1.82, 2.24) is 4.57 Å². The summed E-state index contributed by atoms with van der Waals surface area (Å²) in [4.78, 5) is 2.45. The largest absolute Gasteiger partial charge is 0.378 e. The summed E-state index contributed by atoms with van der Waals surface area (Å²) < 4.78 is 7.85. The maximum absolute atomic E-state index is 6.71. The smallest absolute Gasteiger partial charge is 0.0889 e. The van der Waals surface area contributed by atoms with Crippen LogP contribution < -0.4 is 4.90 Å². The maximum Gasteiger partial charge on any atom is 0.0889 e. The number of hydrogen-bond acceptors (Lipinski definition) is 2. The number of para-hydroxylation sites is 1. The lowest BCUT2D eigenvalue weighted by atomic mass is 10.1. The molecule has 136 valence electrons. The third-order valence-electron chi connectivity index (χ3n) is 5.06. The van der Waals surface area contributed by atoms with Crippen LogP contribution in [0, 0.1) is 0 Å². The highest BCUT2D eigenvalue weighted by molar-refractivity contribution is 6.46. The van der Waals surface area contributed by atoms with E-state index >= 15 is 0 Å². The van der Waals surface area contributed by atoms with E-state index in [4.69, 9.17) is 27.9 Å². The first-order chi connectivity index (χ1) is 12.7. The number of rotatable bonds is 4. The first-order valence-electron chi connectivity index (χ1n) is 9.03.